The Hall–Kier alpha value is -2.49. The highest BCUT2D eigenvalue weighted by Crippen LogP contribution is 2.37. The van der Waals surface area contributed by atoms with E-state index in [0.717, 1.165) is 31.3 Å². The van der Waals surface area contributed by atoms with E-state index in [0.29, 0.717) is 18.3 Å². The third-order valence-corrected chi connectivity index (χ3v) is 4.28. The maximum atomic E-state index is 11.0. The molecule has 0 aliphatic carbocycles. The van der Waals surface area contributed by atoms with E-state index in [-0.39, 0.29) is 11.3 Å². The van der Waals surface area contributed by atoms with Crippen molar-refractivity contribution in [3.63, 3.8) is 0 Å². The third kappa shape index (κ3) is 22.0. The molecule has 0 fully saturated rings. The minimum Gasteiger partial charge on any atom is -0.507 e. The third-order valence-electron chi connectivity index (χ3n) is 4.28. The van der Waals surface area contributed by atoms with Gasteiger partial charge in [-0.2, -0.15) is 0 Å². The maximum Gasteiger partial charge on any atom is 0.171 e. The Morgan fingerprint density at radius 2 is 1.14 bits per heavy atom. The molecule has 4 nitrogen and oxygen atoms in total. The van der Waals surface area contributed by atoms with Crippen molar-refractivity contribution in [3.05, 3.63) is 52.1 Å². The van der Waals surface area contributed by atoms with E-state index in [1.807, 2.05) is 40.7 Å². The lowest BCUT2D eigenvalue weighted by atomic mass is 10.0. The highest BCUT2D eigenvalue weighted by Gasteiger charge is 2.15. The van der Waals surface area contributed by atoms with Crippen molar-refractivity contribution < 1.29 is 20.1 Å². The fourth-order valence-corrected chi connectivity index (χ4v) is 2.62. The Bertz CT molecular complexity index is 750. The Labute approximate surface area is 223 Å². The topological polar surface area (TPSA) is 77.8 Å². The Morgan fingerprint density at radius 1 is 0.722 bits per heavy atom. The smallest absolute Gasteiger partial charge is 0.171 e. The molecule has 0 spiro atoms. The van der Waals surface area contributed by atoms with Crippen LogP contribution in [0.5, 0.6) is 17.2 Å². The van der Waals surface area contributed by atoms with E-state index in [1.165, 1.54) is 30.1 Å². The lowest BCUT2D eigenvalue weighted by Gasteiger charge is -2.09. The average molecular weight is 507 g/mol. The van der Waals surface area contributed by atoms with Gasteiger partial charge in [0.2, 0.25) is 0 Å². The number of allylic oxidation sites excluding steroid dienone is 6. The molecule has 0 heterocycles. The van der Waals surface area contributed by atoms with Crippen molar-refractivity contribution in [2.24, 2.45) is 0 Å². The van der Waals surface area contributed by atoms with Gasteiger partial charge in [-0.05, 0) is 65.9 Å². The number of hydrogen-bond acceptors (Lipinski definition) is 4. The first-order valence-electron chi connectivity index (χ1n) is 13.8. The molecule has 1 aromatic rings. The van der Waals surface area contributed by atoms with Crippen LogP contribution >= 0.6 is 0 Å². The molecule has 3 N–H and O–H groups in total. The Balaban J connectivity index is -0.000000445. The molecular formula is C32H58O4. The molecule has 210 valence electrons. The van der Waals surface area contributed by atoms with E-state index in [4.69, 9.17) is 0 Å². The molecular weight excluding hydrogens is 448 g/mol. The van der Waals surface area contributed by atoms with Gasteiger partial charge in [-0.15, -0.1) is 0 Å². The summed E-state index contributed by atoms with van der Waals surface area (Å²) in [6.45, 7) is 24.9. The fourth-order valence-electron chi connectivity index (χ4n) is 2.62. The van der Waals surface area contributed by atoms with Crippen LogP contribution in [0.4, 0.5) is 0 Å². The van der Waals surface area contributed by atoms with Crippen LogP contribution in [0.15, 0.2) is 41.0 Å². The summed E-state index contributed by atoms with van der Waals surface area (Å²) in [6.07, 6.45) is 13.7. The summed E-state index contributed by atoms with van der Waals surface area (Å²) in [6, 6.07) is 1.29. The Morgan fingerprint density at radius 3 is 1.56 bits per heavy atom. The number of benzene rings is 1. The van der Waals surface area contributed by atoms with Gasteiger partial charge in [0.05, 0.1) is 0 Å². The minimum absolute atomic E-state index is 0.277. The maximum absolute atomic E-state index is 11.0. The molecule has 0 unspecified atom stereocenters. The molecule has 0 bridgehead atoms. The van der Waals surface area contributed by atoms with Crippen LogP contribution in [0.2, 0.25) is 0 Å². The zero-order chi connectivity index (χ0) is 29.1. The molecule has 0 atom stereocenters. The van der Waals surface area contributed by atoms with Crippen LogP contribution in [0.1, 0.15) is 138 Å². The van der Waals surface area contributed by atoms with Crippen LogP contribution in [0.3, 0.4) is 0 Å². The van der Waals surface area contributed by atoms with Gasteiger partial charge in [-0.25, -0.2) is 0 Å². The van der Waals surface area contributed by atoms with Gasteiger partial charge in [0.15, 0.2) is 17.8 Å². The average Bonchev–Trinajstić information content (AvgIpc) is 2.84. The number of rotatable bonds is 9. The van der Waals surface area contributed by atoms with Gasteiger partial charge < -0.3 is 15.3 Å². The number of carbonyl (C=O) groups is 1. The zero-order valence-electron chi connectivity index (χ0n) is 25.6. The molecule has 0 aliphatic heterocycles. The van der Waals surface area contributed by atoms with Crippen molar-refractivity contribution in [1.29, 1.82) is 0 Å². The fraction of sp³-hybridized carbons (Fsp3) is 0.594. The first-order chi connectivity index (χ1) is 17.1. The van der Waals surface area contributed by atoms with Gasteiger partial charge in [0.1, 0.15) is 11.3 Å². The summed E-state index contributed by atoms with van der Waals surface area (Å²) in [7, 11) is 0. The summed E-state index contributed by atoms with van der Waals surface area (Å²) in [5.41, 5.74) is 4.03. The summed E-state index contributed by atoms with van der Waals surface area (Å²) in [4.78, 5) is 11.0. The molecule has 0 amide bonds. The normalized spacial score (nSPS) is 10.1. The molecule has 0 aliphatic rings. The molecule has 0 saturated carbocycles. The van der Waals surface area contributed by atoms with Gasteiger partial charge in [-0.3, -0.25) is 4.79 Å². The number of hydrogen-bond donors (Lipinski definition) is 3. The molecule has 0 radical (unpaired) electrons. The number of phenolic OH excluding ortho intramolecular Hbond substituents is 3. The second-order valence-corrected chi connectivity index (χ2v) is 8.36. The summed E-state index contributed by atoms with van der Waals surface area (Å²) in [5, 5.41) is 29.3. The van der Waals surface area contributed by atoms with Gasteiger partial charge >= 0.3 is 0 Å². The number of phenols is 3. The van der Waals surface area contributed by atoms with Crippen molar-refractivity contribution in [3.8, 4) is 17.2 Å². The van der Waals surface area contributed by atoms with Crippen molar-refractivity contribution in [2.45, 2.75) is 128 Å². The van der Waals surface area contributed by atoms with Crippen LogP contribution in [0, 0.1) is 0 Å². The van der Waals surface area contributed by atoms with Crippen molar-refractivity contribution in [2.75, 3.05) is 0 Å². The zero-order valence-corrected chi connectivity index (χ0v) is 25.6. The minimum atomic E-state index is -0.587. The summed E-state index contributed by atoms with van der Waals surface area (Å²) >= 11 is 0. The van der Waals surface area contributed by atoms with Crippen molar-refractivity contribution in [1.82, 2.24) is 0 Å². The highest BCUT2D eigenvalue weighted by atomic mass is 16.3. The Kier molecular flexibility index (Phi) is 32.5. The van der Waals surface area contributed by atoms with Crippen LogP contribution in [-0.2, 0) is 6.42 Å². The van der Waals surface area contributed by atoms with Crippen LogP contribution < -0.4 is 0 Å². The second kappa shape index (κ2) is 28.7. The molecule has 1 aromatic carbocycles. The van der Waals surface area contributed by atoms with Gasteiger partial charge in [-0.1, -0.05) is 103 Å². The van der Waals surface area contributed by atoms with E-state index >= 15 is 0 Å². The number of carbonyl (C=O) groups excluding carboxylic acids is 1. The highest BCUT2D eigenvalue weighted by molar-refractivity contribution is 5.86. The first-order valence-corrected chi connectivity index (χ1v) is 13.8. The monoisotopic (exact) mass is 506 g/mol. The lowest BCUT2D eigenvalue weighted by Crippen LogP contribution is -1.91. The standard InChI is InChI=1S/C22H30O4.2C3H8.2C2H6/c1-15(2)7-5-8-16(3)9-6-10-17(4)11-12-18-13-20(24)22(26)19(14-23)21(18)25;2*1-3-2;2*1-2/h7,9,11,13-14,24-26H,5-6,8,10,12H2,1-4H3;2*3H2,1-2H3;2*1-2H3/b16-9+,17-11+;;;;. The van der Waals surface area contributed by atoms with E-state index < -0.39 is 11.5 Å². The van der Waals surface area contributed by atoms with Crippen LogP contribution in [0.25, 0.3) is 0 Å². The predicted molar refractivity (Wildman–Crippen MR) is 161 cm³/mol. The molecule has 36 heavy (non-hydrogen) atoms. The van der Waals surface area contributed by atoms with Gasteiger partial charge in [0, 0.05) is 5.56 Å². The second-order valence-electron chi connectivity index (χ2n) is 8.36. The predicted octanol–water partition coefficient (Wildman–Crippen LogP) is 10.5. The number of aromatic hydroxyl groups is 3. The number of aldehydes is 1. The summed E-state index contributed by atoms with van der Waals surface area (Å²) < 4.78 is 0. The SMILES string of the molecule is CC.CC.CC(C)=CCC/C(C)=C/CC/C(C)=C/Cc1cc(O)c(O)c(C=O)c1O.CCC.CCC. The van der Waals surface area contributed by atoms with E-state index in [1.54, 1.807) is 0 Å². The molecule has 1 rings (SSSR count). The first kappa shape index (κ1) is 40.7. The lowest BCUT2D eigenvalue weighted by molar-refractivity contribution is 0.111. The molecule has 0 saturated heterocycles. The van der Waals surface area contributed by atoms with E-state index in [2.05, 4.69) is 60.6 Å². The van der Waals surface area contributed by atoms with Crippen molar-refractivity contribution >= 4 is 6.29 Å². The van der Waals surface area contributed by atoms with Gasteiger partial charge in [0.25, 0.3) is 0 Å². The molecule has 4 heteroatoms. The van der Waals surface area contributed by atoms with Crippen LogP contribution in [-0.4, -0.2) is 21.6 Å². The van der Waals surface area contributed by atoms with E-state index in [9.17, 15) is 20.1 Å². The molecule has 0 aromatic heterocycles. The summed E-state index contributed by atoms with van der Waals surface area (Å²) in [5.74, 6) is -1.27. The largest absolute Gasteiger partial charge is 0.507 e. The quantitative estimate of drug-likeness (QED) is 0.135.